The molecule has 11 nitrogen and oxygen atoms in total. The molecule has 2 fully saturated rings. The summed E-state index contributed by atoms with van der Waals surface area (Å²) in [7, 11) is 0. The van der Waals surface area contributed by atoms with Gasteiger partial charge in [-0.15, -0.1) is 0 Å². The maximum absolute atomic E-state index is 12.3. The number of piperazine rings is 1. The van der Waals surface area contributed by atoms with Crippen LogP contribution in [0.4, 0.5) is 5.95 Å². The Morgan fingerprint density at radius 1 is 0.784 bits per heavy atom. The van der Waals surface area contributed by atoms with Crippen molar-refractivity contribution in [3.63, 3.8) is 0 Å². The van der Waals surface area contributed by atoms with Gasteiger partial charge in [-0.2, -0.15) is 0 Å². The lowest BCUT2D eigenvalue weighted by Crippen LogP contribution is -2.50. The van der Waals surface area contributed by atoms with E-state index in [4.69, 9.17) is 14.6 Å². The second-order valence-electron chi connectivity index (χ2n) is 13.2. The number of ether oxygens (including phenoxy) is 2. The van der Waals surface area contributed by atoms with Crippen LogP contribution in [0.2, 0.25) is 0 Å². The number of aromatic nitrogens is 2. The highest BCUT2D eigenvalue weighted by atomic mass is 16.7. The molecule has 3 aromatic carbocycles. The SMILES string of the molecule is O=C(O)CCCCCC(=O)NCc1cccc(-c2ccc([C@@H]3O[C@H](CN4CCN(c5ncccn5)CC4)C[C@H](c4ccc(CO)cc4)O3)cc2)c1. The molecule has 2 aliphatic heterocycles. The van der Waals surface area contributed by atoms with Gasteiger partial charge in [-0.05, 0) is 52.8 Å². The van der Waals surface area contributed by atoms with E-state index in [1.54, 1.807) is 12.4 Å². The van der Waals surface area contributed by atoms with Gasteiger partial charge in [-0.25, -0.2) is 9.97 Å². The Labute approximate surface area is 299 Å². The zero-order valence-corrected chi connectivity index (χ0v) is 28.9. The molecule has 0 radical (unpaired) electrons. The fraction of sp³-hybridized carbons (Fsp3) is 0.400. The number of anilines is 1. The van der Waals surface area contributed by atoms with Crippen molar-refractivity contribution in [1.82, 2.24) is 20.2 Å². The maximum atomic E-state index is 12.3. The first-order valence-corrected chi connectivity index (χ1v) is 17.9. The number of aliphatic carboxylic acids is 1. The highest BCUT2D eigenvalue weighted by Gasteiger charge is 2.34. The maximum Gasteiger partial charge on any atom is 0.303 e. The van der Waals surface area contributed by atoms with Crippen LogP contribution in [0.15, 0.2) is 91.3 Å². The molecule has 51 heavy (non-hydrogen) atoms. The number of aliphatic hydroxyl groups is 1. The van der Waals surface area contributed by atoms with E-state index in [1.165, 1.54) is 0 Å². The Bertz CT molecular complexity index is 1700. The standard InChI is InChI=1S/C40H47N5O6/c46-28-29-10-12-32(13-11-29)36-25-35(27-44-20-22-45(23-21-44)40-41-18-5-19-42-40)50-39(51-36)33-16-14-31(15-17-33)34-7-4-6-30(24-34)26-43-37(47)8-2-1-3-9-38(48)49/h4-7,10-19,24,35-36,39,46H,1-3,8-9,20-23,25-28H2,(H,43,47)(H,48,49)/t35-,36+,39+/m0/s1. The second kappa shape index (κ2) is 18.0. The number of carbonyl (C=O) groups is 2. The predicted molar refractivity (Wildman–Crippen MR) is 194 cm³/mol. The number of carboxylic acid groups (broad SMARTS) is 1. The highest BCUT2D eigenvalue weighted by molar-refractivity contribution is 5.76. The number of unbranched alkanes of at least 4 members (excludes halogenated alkanes) is 2. The third-order valence-corrected chi connectivity index (χ3v) is 9.51. The van der Waals surface area contributed by atoms with Crippen LogP contribution in [0.1, 0.15) is 73.2 Å². The molecule has 3 heterocycles. The Balaban J connectivity index is 1.08. The molecule has 0 bridgehead atoms. The first kappa shape index (κ1) is 36.1. The third kappa shape index (κ3) is 10.4. The lowest BCUT2D eigenvalue weighted by atomic mass is 9.98. The highest BCUT2D eigenvalue weighted by Crippen LogP contribution is 2.39. The topological polar surface area (TPSA) is 137 Å². The van der Waals surface area contributed by atoms with Gasteiger partial charge in [-0.3, -0.25) is 14.5 Å². The second-order valence-corrected chi connectivity index (χ2v) is 13.2. The van der Waals surface area contributed by atoms with Crippen LogP contribution in [0.25, 0.3) is 11.1 Å². The number of nitrogens with zero attached hydrogens (tertiary/aromatic N) is 4. The molecule has 6 rings (SSSR count). The predicted octanol–water partition coefficient (Wildman–Crippen LogP) is 5.65. The zero-order chi connectivity index (χ0) is 35.4. The van der Waals surface area contributed by atoms with Crippen LogP contribution in [-0.4, -0.2) is 75.8 Å². The molecule has 3 N–H and O–H groups in total. The molecule has 4 aromatic rings. The summed E-state index contributed by atoms with van der Waals surface area (Å²) in [4.78, 5) is 36.5. The quantitative estimate of drug-likeness (QED) is 0.134. The molecule has 0 spiro atoms. The Hall–Kier alpha value is -4.68. The summed E-state index contributed by atoms with van der Waals surface area (Å²) in [6.45, 7) is 4.72. The van der Waals surface area contributed by atoms with Gasteiger partial charge in [0.1, 0.15) is 0 Å². The summed E-state index contributed by atoms with van der Waals surface area (Å²) in [5.41, 5.74) is 5.98. The Kier molecular flexibility index (Phi) is 12.8. The number of benzene rings is 3. The molecule has 1 aromatic heterocycles. The fourth-order valence-corrected chi connectivity index (χ4v) is 6.63. The monoisotopic (exact) mass is 693 g/mol. The lowest BCUT2D eigenvalue weighted by molar-refractivity contribution is -0.253. The zero-order valence-electron chi connectivity index (χ0n) is 28.9. The fourth-order valence-electron chi connectivity index (χ4n) is 6.63. The number of rotatable bonds is 15. The average Bonchev–Trinajstić information content (AvgIpc) is 3.17. The molecular formula is C40H47N5O6. The molecule has 1 amide bonds. The minimum Gasteiger partial charge on any atom is -0.481 e. The average molecular weight is 694 g/mol. The van der Waals surface area contributed by atoms with E-state index in [9.17, 15) is 14.7 Å². The van der Waals surface area contributed by atoms with Gasteiger partial charge in [-0.1, -0.05) is 73.2 Å². The van der Waals surface area contributed by atoms with E-state index in [0.29, 0.717) is 25.8 Å². The molecule has 0 unspecified atom stereocenters. The summed E-state index contributed by atoms with van der Waals surface area (Å²) in [6.07, 6.45) is 6.08. The molecule has 0 saturated carbocycles. The van der Waals surface area contributed by atoms with Crippen molar-refractivity contribution in [3.8, 4) is 11.1 Å². The minimum atomic E-state index is -0.801. The van der Waals surface area contributed by atoms with Gasteiger partial charge in [0.2, 0.25) is 11.9 Å². The molecule has 0 aliphatic carbocycles. The number of carboxylic acids is 1. The summed E-state index contributed by atoms with van der Waals surface area (Å²) in [5.74, 6) is -0.0613. The number of hydrogen-bond donors (Lipinski definition) is 3. The first-order valence-electron chi connectivity index (χ1n) is 17.9. The van der Waals surface area contributed by atoms with Crippen LogP contribution in [0.3, 0.4) is 0 Å². The summed E-state index contributed by atoms with van der Waals surface area (Å²) in [5, 5.41) is 21.3. The number of aliphatic hydroxyl groups excluding tert-OH is 1. The van der Waals surface area contributed by atoms with Crippen LogP contribution in [0.5, 0.6) is 0 Å². The van der Waals surface area contributed by atoms with Gasteiger partial charge in [0.25, 0.3) is 0 Å². The number of carbonyl (C=O) groups excluding carboxylic acids is 1. The van der Waals surface area contributed by atoms with E-state index < -0.39 is 12.3 Å². The van der Waals surface area contributed by atoms with Crippen LogP contribution in [0, 0.1) is 0 Å². The van der Waals surface area contributed by atoms with E-state index in [-0.39, 0.29) is 31.1 Å². The van der Waals surface area contributed by atoms with Crippen molar-refractivity contribution in [3.05, 3.63) is 114 Å². The largest absolute Gasteiger partial charge is 0.481 e. The number of nitrogens with one attached hydrogen (secondary N) is 1. The molecular weight excluding hydrogens is 646 g/mol. The van der Waals surface area contributed by atoms with Crippen LogP contribution >= 0.6 is 0 Å². The summed E-state index contributed by atoms with van der Waals surface area (Å²) >= 11 is 0. The van der Waals surface area contributed by atoms with Gasteiger partial charge >= 0.3 is 5.97 Å². The molecule has 11 heteroatoms. The van der Waals surface area contributed by atoms with E-state index >= 15 is 0 Å². The van der Waals surface area contributed by atoms with Crippen molar-refractivity contribution >= 4 is 17.8 Å². The third-order valence-electron chi connectivity index (χ3n) is 9.51. The Morgan fingerprint density at radius 3 is 2.24 bits per heavy atom. The van der Waals surface area contributed by atoms with Gasteiger partial charge in [0, 0.05) is 76.5 Å². The van der Waals surface area contributed by atoms with Gasteiger partial charge in [0.15, 0.2) is 6.29 Å². The Morgan fingerprint density at radius 2 is 1.51 bits per heavy atom. The van der Waals surface area contributed by atoms with Gasteiger partial charge in [0.05, 0.1) is 18.8 Å². The van der Waals surface area contributed by atoms with Crippen molar-refractivity contribution in [1.29, 1.82) is 0 Å². The smallest absolute Gasteiger partial charge is 0.303 e. The van der Waals surface area contributed by atoms with Crippen molar-refractivity contribution in [2.24, 2.45) is 0 Å². The van der Waals surface area contributed by atoms with Crippen molar-refractivity contribution in [2.45, 2.75) is 70.2 Å². The van der Waals surface area contributed by atoms with Crippen molar-refractivity contribution in [2.75, 3.05) is 37.6 Å². The van der Waals surface area contributed by atoms with E-state index in [2.05, 4.69) is 61.5 Å². The van der Waals surface area contributed by atoms with Crippen LogP contribution in [-0.2, 0) is 32.2 Å². The molecule has 2 aliphatic rings. The number of hydrogen-bond acceptors (Lipinski definition) is 9. The molecule has 268 valence electrons. The summed E-state index contributed by atoms with van der Waals surface area (Å²) in [6, 6.07) is 26.2. The molecule has 2 saturated heterocycles. The minimum absolute atomic E-state index is 0.00162. The first-order chi connectivity index (χ1) is 24.9. The normalized spacial score (nSPS) is 19.5. The van der Waals surface area contributed by atoms with E-state index in [1.807, 2.05) is 42.5 Å². The number of amides is 1. The summed E-state index contributed by atoms with van der Waals surface area (Å²) < 4.78 is 13.2. The lowest BCUT2D eigenvalue weighted by Gasteiger charge is -2.40. The molecule has 3 atom stereocenters. The van der Waals surface area contributed by atoms with Crippen LogP contribution < -0.4 is 10.2 Å². The van der Waals surface area contributed by atoms with E-state index in [0.717, 1.165) is 84.9 Å². The van der Waals surface area contributed by atoms with Crippen molar-refractivity contribution < 1.29 is 29.3 Å². The van der Waals surface area contributed by atoms with Gasteiger partial charge < -0.3 is 29.9 Å².